The monoisotopic (exact) mass is 316 g/mol. The zero-order valence-corrected chi connectivity index (χ0v) is 11.5. The van der Waals surface area contributed by atoms with Crippen LogP contribution in [0.2, 0.25) is 0 Å². The lowest BCUT2D eigenvalue weighted by Gasteiger charge is -2.11. The van der Waals surface area contributed by atoms with E-state index >= 15 is 0 Å². The van der Waals surface area contributed by atoms with Crippen molar-refractivity contribution in [3.8, 4) is 0 Å². The average Bonchev–Trinajstić information content (AvgIpc) is 2.90. The quantitative estimate of drug-likeness (QED) is 0.660. The van der Waals surface area contributed by atoms with E-state index in [1.807, 2.05) is 16.8 Å². The van der Waals surface area contributed by atoms with Crippen LogP contribution in [-0.4, -0.2) is 11.5 Å². The zero-order valence-electron chi connectivity index (χ0n) is 10.7. The van der Waals surface area contributed by atoms with Crippen LogP contribution in [-0.2, 0) is 12.6 Å². The molecule has 1 N–H and O–H groups in total. The minimum atomic E-state index is -4.76. The fourth-order valence-electron chi connectivity index (χ4n) is 1.82. The van der Waals surface area contributed by atoms with Crippen molar-refractivity contribution in [3.05, 3.63) is 56.3 Å². The van der Waals surface area contributed by atoms with Gasteiger partial charge in [0, 0.05) is 18.3 Å². The number of thiophene rings is 1. The van der Waals surface area contributed by atoms with E-state index in [4.69, 9.17) is 0 Å². The molecule has 0 fully saturated rings. The normalized spacial score (nSPS) is 11.4. The average molecular weight is 316 g/mol. The second-order valence-electron chi connectivity index (χ2n) is 4.30. The number of anilines is 1. The molecule has 0 atom stereocenters. The molecular weight excluding hydrogens is 305 g/mol. The summed E-state index contributed by atoms with van der Waals surface area (Å²) in [5.41, 5.74) is -0.882. The second-order valence-corrected chi connectivity index (χ2v) is 5.08. The molecule has 1 aromatic heterocycles. The largest absolute Gasteiger partial charge is 0.423 e. The van der Waals surface area contributed by atoms with Crippen LogP contribution in [0, 0.1) is 10.1 Å². The fraction of sp³-hybridized carbons (Fsp3) is 0.231. The third kappa shape index (κ3) is 3.94. The molecule has 0 saturated carbocycles. The van der Waals surface area contributed by atoms with Gasteiger partial charge in [-0.05, 0) is 40.9 Å². The molecule has 4 nitrogen and oxygen atoms in total. The van der Waals surface area contributed by atoms with Gasteiger partial charge in [0.15, 0.2) is 0 Å². The number of nitro groups is 1. The first-order valence-corrected chi connectivity index (χ1v) is 6.93. The van der Waals surface area contributed by atoms with Crippen LogP contribution in [0.15, 0.2) is 35.0 Å². The van der Waals surface area contributed by atoms with Crippen LogP contribution in [0.25, 0.3) is 0 Å². The Hall–Kier alpha value is -2.09. The van der Waals surface area contributed by atoms with E-state index in [-0.39, 0.29) is 5.69 Å². The van der Waals surface area contributed by atoms with Crippen LogP contribution in [0.3, 0.4) is 0 Å². The molecule has 0 spiro atoms. The van der Waals surface area contributed by atoms with Gasteiger partial charge in [-0.3, -0.25) is 10.1 Å². The van der Waals surface area contributed by atoms with Gasteiger partial charge in [-0.1, -0.05) is 0 Å². The standard InChI is InChI=1S/C13H11F3N2O2S/c14-13(15,16)11-7-10(1-2-12(11)18(19)20)17-5-3-9-4-6-21-8-9/h1-2,4,6-8,17H,3,5H2. The van der Waals surface area contributed by atoms with E-state index in [2.05, 4.69) is 5.32 Å². The molecule has 0 saturated heterocycles. The number of hydrogen-bond acceptors (Lipinski definition) is 4. The van der Waals surface area contributed by atoms with Gasteiger partial charge in [0.2, 0.25) is 0 Å². The van der Waals surface area contributed by atoms with Gasteiger partial charge < -0.3 is 5.32 Å². The van der Waals surface area contributed by atoms with Crippen molar-refractivity contribution in [1.82, 2.24) is 0 Å². The summed E-state index contributed by atoms with van der Waals surface area (Å²) in [4.78, 5) is 9.61. The highest BCUT2D eigenvalue weighted by atomic mass is 32.1. The molecule has 0 aliphatic heterocycles. The molecule has 21 heavy (non-hydrogen) atoms. The van der Waals surface area contributed by atoms with Gasteiger partial charge in [0.25, 0.3) is 5.69 Å². The first kappa shape index (κ1) is 15.3. The molecule has 0 radical (unpaired) electrons. The minimum absolute atomic E-state index is 0.211. The first-order chi connectivity index (χ1) is 9.88. The topological polar surface area (TPSA) is 55.2 Å². The summed E-state index contributed by atoms with van der Waals surface area (Å²) in [6.07, 6.45) is -4.09. The molecule has 1 heterocycles. The molecule has 0 unspecified atom stereocenters. The maximum Gasteiger partial charge on any atom is 0.423 e. The van der Waals surface area contributed by atoms with Gasteiger partial charge in [-0.2, -0.15) is 24.5 Å². The molecular formula is C13H11F3N2O2S. The Bertz CT molecular complexity index is 627. The maximum atomic E-state index is 12.8. The number of hydrogen-bond donors (Lipinski definition) is 1. The van der Waals surface area contributed by atoms with Crippen LogP contribution >= 0.6 is 11.3 Å². The number of nitrogens with one attached hydrogen (secondary N) is 1. The van der Waals surface area contributed by atoms with Crippen molar-refractivity contribution in [1.29, 1.82) is 0 Å². The Labute approximate surface area is 122 Å². The van der Waals surface area contributed by atoms with Gasteiger partial charge in [-0.15, -0.1) is 0 Å². The summed E-state index contributed by atoms with van der Waals surface area (Å²) < 4.78 is 38.4. The van der Waals surface area contributed by atoms with Crippen molar-refractivity contribution >= 4 is 22.7 Å². The molecule has 0 aliphatic rings. The molecule has 0 bridgehead atoms. The highest BCUT2D eigenvalue weighted by molar-refractivity contribution is 7.07. The predicted octanol–water partition coefficient (Wildman–Crippen LogP) is 4.33. The van der Waals surface area contributed by atoms with E-state index in [0.717, 1.165) is 17.7 Å². The number of nitrogens with zero attached hydrogens (tertiary/aromatic N) is 1. The molecule has 2 rings (SSSR count). The van der Waals surface area contributed by atoms with E-state index in [9.17, 15) is 23.3 Å². The van der Waals surface area contributed by atoms with Crippen molar-refractivity contribution in [2.45, 2.75) is 12.6 Å². The predicted molar refractivity (Wildman–Crippen MR) is 74.6 cm³/mol. The smallest absolute Gasteiger partial charge is 0.385 e. The number of halogens is 3. The number of alkyl halides is 3. The molecule has 8 heteroatoms. The number of rotatable bonds is 5. The Kier molecular flexibility index (Phi) is 4.46. The van der Waals surface area contributed by atoms with E-state index in [1.54, 1.807) is 11.3 Å². The van der Waals surface area contributed by atoms with Crippen LogP contribution in [0.5, 0.6) is 0 Å². The van der Waals surface area contributed by atoms with Crippen LogP contribution < -0.4 is 5.32 Å². The molecule has 0 amide bonds. The highest BCUT2D eigenvalue weighted by Crippen LogP contribution is 2.37. The summed E-state index contributed by atoms with van der Waals surface area (Å²) in [5.74, 6) is 0. The SMILES string of the molecule is O=[N+]([O-])c1ccc(NCCc2ccsc2)cc1C(F)(F)F. The van der Waals surface area contributed by atoms with E-state index in [1.165, 1.54) is 6.07 Å². The summed E-state index contributed by atoms with van der Waals surface area (Å²) >= 11 is 1.55. The first-order valence-electron chi connectivity index (χ1n) is 5.98. The summed E-state index contributed by atoms with van der Waals surface area (Å²) in [7, 11) is 0. The highest BCUT2D eigenvalue weighted by Gasteiger charge is 2.38. The van der Waals surface area contributed by atoms with Crippen molar-refractivity contribution in [2.24, 2.45) is 0 Å². The van der Waals surface area contributed by atoms with E-state index < -0.39 is 22.4 Å². The Morgan fingerprint density at radius 3 is 2.62 bits per heavy atom. The van der Waals surface area contributed by atoms with E-state index in [0.29, 0.717) is 13.0 Å². The maximum absolute atomic E-state index is 12.8. The Balaban J connectivity index is 2.12. The molecule has 1 aromatic carbocycles. The van der Waals surface area contributed by atoms with Gasteiger partial charge >= 0.3 is 6.18 Å². The Morgan fingerprint density at radius 2 is 2.05 bits per heavy atom. The third-order valence-electron chi connectivity index (χ3n) is 2.82. The number of nitro benzene ring substituents is 1. The van der Waals surface area contributed by atoms with Crippen LogP contribution in [0.1, 0.15) is 11.1 Å². The summed E-state index contributed by atoms with van der Waals surface area (Å²) in [6, 6.07) is 4.85. The van der Waals surface area contributed by atoms with Gasteiger partial charge in [-0.25, -0.2) is 0 Å². The lowest BCUT2D eigenvalue weighted by atomic mass is 10.1. The van der Waals surface area contributed by atoms with Crippen molar-refractivity contribution in [3.63, 3.8) is 0 Å². The van der Waals surface area contributed by atoms with Crippen molar-refractivity contribution < 1.29 is 18.1 Å². The second kappa shape index (κ2) is 6.13. The third-order valence-corrected chi connectivity index (χ3v) is 3.55. The minimum Gasteiger partial charge on any atom is -0.385 e. The lowest BCUT2D eigenvalue weighted by molar-refractivity contribution is -0.388. The summed E-state index contributed by atoms with van der Waals surface area (Å²) in [6.45, 7) is 0.450. The number of benzene rings is 1. The van der Waals surface area contributed by atoms with Crippen molar-refractivity contribution in [2.75, 3.05) is 11.9 Å². The summed E-state index contributed by atoms with van der Waals surface area (Å²) in [5, 5.41) is 17.4. The molecule has 0 aliphatic carbocycles. The zero-order chi connectivity index (χ0) is 15.5. The van der Waals surface area contributed by atoms with Gasteiger partial charge in [0.05, 0.1) is 4.92 Å². The fourth-order valence-corrected chi connectivity index (χ4v) is 2.52. The molecule has 2 aromatic rings. The van der Waals surface area contributed by atoms with Gasteiger partial charge in [0.1, 0.15) is 5.56 Å². The lowest BCUT2D eigenvalue weighted by Crippen LogP contribution is -2.11. The van der Waals surface area contributed by atoms with Crippen LogP contribution in [0.4, 0.5) is 24.5 Å². The Morgan fingerprint density at radius 1 is 1.29 bits per heavy atom. The molecule has 112 valence electrons.